The van der Waals surface area contributed by atoms with Crippen molar-refractivity contribution in [1.82, 2.24) is 0 Å². The summed E-state index contributed by atoms with van der Waals surface area (Å²) in [6.07, 6.45) is 8.34. The molecule has 0 nitrogen and oxygen atoms in total. The molecule has 0 fully saturated rings. The van der Waals surface area contributed by atoms with Crippen LogP contribution in [-0.4, -0.2) is 0 Å². The first-order valence-electron chi connectivity index (χ1n) is 4.55. The highest BCUT2D eigenvalue weighted by Crippen LogP contribution is 2.12. The maximum Gasteiger partial charge on any atom is -0.0274 e. The first-order valence-corrected chi connectivity index (χ1v) is 5.80. The topological polar surface area (TPSA) is 0 Å². The average molecular weight is 278 g/mol. The van der Waals surface area contributed by atoms with Gasteiger partial charge in [-0.1, -0.05) is 47.2 Å². The standard InChI is InChI=1S/C11H19I/c1-10(2)6-4-7-11(3)8-5-9-12/h5-6,9,11H,4,7-8H2,1-3H3/b9-5+/t11-/m1/s1. The Morgan fingerprint density at radius 3 is 2.58 bits per heavy atom. The summed E-state index contributed by atoms with van der Waals surface area (Å²) in [7, 11) is 0. The molecule has 0 saturated carbocycles. The molecule has 0 bridgehead atoms. The summed E-state index contributed by atoms with van der Waals surface area (Å²) < 4.78 is 2.11. The van der Waals surface area contributed by atoms with Gasteiger partial charge >= 0.3 is 0 Å². The molecule has 0 spiro atoms. The van der Waals surface area contributed by atoms with Gasteiger partial charge in [0, 0.05) is 0 Å². The van der Waals surface area contributed by atoms with Crippen LogP contribution in [0.2, 0.25) is 0 Å². The van der Waals surface area contributed by atoms with E-state index in [9.17, 15) is 0 Å². The molecule has 0 amide bonds. The van der Waals surface area contributed by atoms with Crippen LogP contribution in [0.3, 0.4) is 0 Å². The Labute approximate surface area is 90.3 Å². The second kappa shape index (κ2) is 7.84. The minimum absolute atomic E-state index is 0.826. The van der Waals surface area contributed by atoms with E-state index < -0.39 is 0 Å². The van der Waals surface area contributed by atoms with E-state index in [4.69, 9.17) is 0 Å². The van der Waals surface area contributed by atoms with E-state index in [-0.39, 0.29) is 0 Å². The summed E-state index contributed by atoms with van der Waals surface area (Å²) in [6, 6.07) is 0. The van der Waals surface area contributed by atoms with Crippen LogP contribution in [0.5, 0.6) is 0 Å². The van der Waals surface area contributed by atoms with E-state index in [0.717, 1.165) is 5.92 Å². The lowest BCUT2D eigenvalue weighted by Gasteiger charge is -2.05. The van der Waals surface area contributed by atoms with Crippen LogP contribution in [0.25, 0.3) is 0 Å². The number of halogens is 1. The lowest BCUT2D eigenvalue weighted by atomic mass is 10.0. The molecule has 0 saturated heterocycles. The smallest absolute Gasteiger partial charge is 0.0274 e. The zero-order valence-electron chi connectivity index (χ0n) is 8.31. The predicted molar refractivity (Wildman–Crippen MR) is 65.6 cm³/mol. The summed E-state index contributed by atoms with van der Waals surface area (Å²) in [5.74, 6) is 0.826. The van der Waals surface area contributed by atoms with Gasteiger partial charge in [-0.25, -0.2) is 0 Å². The Morgan fingerprint density at radius 2 is 2.08 bits per heavy atom. The molecular weight excluding hydrogens is 259 g/mol. The normalized spacial score (nSPS) is 13.3. The van der Waals surface area contributed by atoms with Crippen molar-refractivity contribution in [3.05, 3.63) is 21.8 Å². The highest BCUT2D eigenvalue weighted by atomic mass is 127. The van der Waals surface area contributed by atoms with Crippen molar-refractivity contribution in [2.45, 2.75) is 40.0 Å². The van der Waals surface area contributed by atoms with Gasteiger partial charge in [-0.05, 0) is 43.1 Å². The summed E-state index contributed by atoms with van der Waals surface area (Å²) >= 11 is 2.28. The monoisotopic (exact) mass is 278 g/mol. The molecule has 12 heavy (non-hydrogen) atoms. The third-order valence-corrected chi connectivity index (χ3v) is 2.35. The maximum atomic E-state index is 2.32. The Bertz CT molecular complexity index is 152. The highest BCUT2D eigenvalue weighted by molar-refractivity contribution is 14.1. The van der Waals surface area contributed by atoms with E-state index in [1.54, 1.807) is 0 Å². The first-order chi connectivity index (χ1) is 5.66. The second-order valence-electron chi connectivity index (χ2n) is 3.56. The molecule has 0 heterocycles. The van der Waals surface area contributed by atoms with Gasteiger partial charge < -0.3 is 0 Å². The maximum absolute atomic E-state index is 2.32. The number of rotatable bonds is 5. The van der Waals surface area contributed by atoms with E-state index >= 15 is 0 Å². The number of allylic oxidation sites excluding steroid dienone is 3. The van der Waals surface area contributed by atoms with Crippen molar-refractivity contribution in [1.29, 1.82) is 0 Å². The van der Waals surface area contributed by atoms with Gasteiger partial charge in [0.1, 0.15) is 0 Å². The van der Waals surface area contributed by atoms with E-state index in [1.165, 1.54) is 24.8 Å². The summed E-state index contributed by atoms with van der Waals surface area (Å²) in [6.45, 7) is 6.64. The van der Waals surface area contributed by atoms with E-state index in [0.29, 0.717) is 0 Å². The van der Waals surface area contributed by atoms with Crippen LogP contribution in [0, 0.1) is 5.92 Å². The third kappa shape index (κ3) is 8.31. The number of hydrogen-bond acceptors (Lipinski definition) is 0. The van der Waals surface area contributed by atoms with E-state index in [1.807, 2.05) is 0 Å². The van der Waals surface area contributed by atoms with Crippen molar-refractivity contribution >= 4 is 22.6 Å². The SMILES string of the molecule is CC(C)=CCC[C@@H](C)C/C=C/I. The predicted octanol–water partition coefficient (Wildman–Crippen LogP) is 4.71. The van der Waals surface area contributed by atoms with E-state index in [2.05, 4.69) is 59.6 Å². The molecule has 0 aliphatic heterocycles. The third-order valence-electron chi connectivity index (χ3n) is 1.84. The second-order valence-corrected chi connectivity index (χ2v) is 4.28. The molecule has 1 atom stereocenters. The molecular formula is C11H19I. The highest BCUT2D eigenvalue weighted by Gasteiger charge is 1.96. The fourth-order valence-electron chi connectivity index (χ4n) is 1.06. The van der Waals surface area contributed by atoms with Crippen LogP contribution in [0.1, 0.15) is 40.0 Å². The molecule has 0 radical (unpaired) electrons. The Hall–Kier alpha value is 0.210. The van der Waals surface area contributed by atoms with Gasteiger partial charge in [0.05, 0.1) is 0 Å². The molecule has 0 unspecified atom stereocenters. The van der Waals surface area contributed by atoms with Crippen LogP contribution < -0.4 is 0 Å². The molecule has 0 aromatic carbocycles. The zero-order chi connectivity index (χ0) is 9.40. The van der Waals surface area contributed by atoms with Gasteiger partial charge in [0.15, 0.2) is 0 Å². The molecule has 0 N–H and O–H groups in total. The Balaban J connectivity index is 3.43. The molecule has 0 aromatic rings. The number of hydrogen-bond donors (Lipinski definition) is 0. The summed E-state index contributed by atoms with van der Waals surface area (Å²) in [5.41, 5.74) is 1.44. The largest absolute Gasteiger partial charge is 0.0859 e. The van der Waals surface area contributed by atoms with Crippen molar-refractivity contribution in [2.24, 2.45) is 5.92 Å². The van der Waals surface area contributed by atoms with Crippen LogP contribution >= 0.6 is 22.6 Å². The molecule has 0 aromatic heterocycles. The van der Waals surface area contributed by atoms with Gasteiger partial charge in [-0.2, -0.15) is 0 Å². The lowest BCUT2D eigenvalue weighted by molar-refractivity contribution is 0.546. The fourth-order valence-corrected chi connectivity index (χ4v) is 1.35. The van der Waals surface area contributed by atoms with Gasteiger partial charge in [-0.3, -0.25) is 0 Å². The molecule has 0 aliphatic rings. The quantitative estimate of drug-likeness (QED) is 0.504. The van der Waals surface area contributed by atoms with Crippen LogP contribution in [0.15, 0.2) is 21.8 Å². The van der Waals surface area contributed by atoms with Crippen molar-refractivity contribution in [2.75, 3.05) is 0 Å². The molecule has 1 heteroatoms. The van der Waals surface area contributed by atoms with Crippen LogP contribution in [-0.2, 0) is 0 Å². The van der Waals surface area contributed by atoms with Crippen molar-refractivity contribution in [3.8, 4) is 0 Å². The zero-order valence-corrected chi connectivity index (χ0v) is 10.5. The van der Waals surface area contributed by atoms with Crippen LogP contribution in [0.4, 0.5) is 0 Å². The van der Waals surface area contributed by atoms with Gasteiger partial charge in [0.25, 0.3) is 0 Å². The van der Waals surface area contributed by atoms with Gasteiger partial charge in [-0.15, -0.1) is 0 Å². The van der Waals surface area contributed by atoms with Crippen molar-refractivity contribution in [3.63, 3.8) is 0 Å². The lowest BCUT2D eigenvalue weighted by Crippen LogP contribution is -1.90. The Morgan fingerprint density at radius 1 is 1.42 bits per heavy atom. The fraction of sp³-hybridized carbons (Fsp3) is 0.636. The van der Waals surface area contributed by atoms with Crippen molar-refractivity contribution < 1.29 is 0 Å². The summed E-state index contributed by atoms with van der Waals surface area (Å²) in [4.78, 5) is 0. The molecule has 0 aliphatic carbocycles. The Kier molecular flexibility index (Phi) is 7.98. The summed E-state index contributed by atoms with van der Waals surface area (Å²) in [5, 5.41) is 0. The molecule has 0 rings (SSSR count). The van der Waals surface area contributed by atoms with Gasteiger partial charge in [0.2, 0.25) is 0 Å². The first kappa shape index (κ1) is 12.2. The average Bonchev–Trinajstić information content (AvgIpc) is 2.00. The molecule has 70 valence electrons. The minimum atomic E-state index is 0.826. The minimum Gasteiger partial charge on any atom is -0.0859 e.